The summed E-state index contributed by atoms with van der Waals surface area (Å²) in [5, 5.41) is 2.41. The van der Waals surface area contributed by atoms with E-state index >= 15 is 0 Å². The van der Waals surface area contributed by atoms with Gasteiger partial charge in [0.2, 0.25) is 0 Å². The van der Waals surface area contributed by atoms with E-state index in [1.165, 1.54) is 25.5 Å². The van der Waals surface area contributed by atoms with E-state index in [2.05, 4.69) is 100 Å². The van der Waals surface area contributed by atoms with Crippen LogP contribution in [0.1, 0.15) is 22.7 Å². The third kappa shape index (κ3) is 2.74. The Bertz CT molecular complexity index is 813. The second-order valence-corrected chi connectivity index (χ2v) is 7.07. The van der Waals surface area contributed by atoms with Crippen molar-refractivity contribution in [3.8, 4) is 0 Å². The molecule has 0 saturated carbocycles. The Morgan fingerprint density at radius 1 is 0.905 bits per heavy atom. The van der Waals surface area contributed by atoms with Gasteiger partial charge < -0.3 is 5.73 Å². The maximum absolute atomic E-state index is 6.58. The average Bonchev–Trinajstić information content (AvgIpc) is 2.50. The van der Waals surface area contributed by atoms with Crippen molar-refractivity contribution in [2.75, 3.05) is 0 Å². The van der Waals surface area contributed by atoms with E-state index in [1.807, 2.05) is 0 Å². The summed E-state index contributed by atoms with van der Waals surface area (Å²) in [5.74, 6) is 0. The summed E-state index contributed by atoms with van der Waals surface area (Å²) in [5.41, 5.74) is 10.2. The van der Waals surface area contributed by atoms with Gasteiger partial charge >= 0.3 is 0 Å². The van der Waals surface area contributed by atoms with Gasteiger partial charge in [0.25, 0.3) is 0 Å². The number of aryl methyl sites for hydroxylation is 1. The Balaban J connectivity index is 2.21. The first kappa shape index (κ1) is 15.0. The highest BCUT2D eigenvalue weighted by molar-refractivity contribution is 14.1. The zero-order valence-electron chi connectivity index (χ0n) is 11.6. The molecule has 106 valence electrons. The van der Waals surface area contributed by atoms with Gasteiger partial charge in [0.1, 0.15) is 0 Å². The summed E-state index contributed by atoms with van der Waals surface area (Å²) in [6, 6.07) is 18.8. The molecule has 0 aliphatic rings. The topological polar surface area (TPSA) is 26.0 Å². The van der Waals surface area contributed by atoms with Gasteiger partial charge in [0, 0.05) is 8.04 Å². The molecule has 1 unspecified atom stereocenters. The fourth-order valence-electron chi connectivity index (χ4n) is 2.63. The molecule has 0 amide bonds. The van der Waals surface area contributed by atoms with Crippen molar-refractivity contribution in [2.45, 2.75) is 13.0 Å². The Labute approximate surface area is 146 Å². The third-order valence-corrected chi connectivity index (χ3v) is 5.96. The molecule has 0 heterocycles. The van der Waals surface area contributed by atoms with Gasteiger partial charge in [-0.2, -0.15) is 0 Å². The van der Waals surface area contributed by atoms with Crippen molar-refractivity contribution in [1.82, 2.24) is 0 Å². The van der Waals surface area contributed by atoms with Crippen LogP contribution in [-0.4, -0.2) is 0 Å². The Morgan fingerprint density at radius 3 is 2.38 bits per heavy atom. The molecule has 21 heavy (non-hydrogen) atoms. The fraction of sp³-hybridized carbons (Fsp3) is 0.111. The van der Waals surface area contributed by atoms with Gasteiger partial charge in [-0.15, -0.1) is 0 Å². The highest BCUT2D eigenvalue weighted by Gasteiger charge is 2.16. The number of hydrogen-bond donors (Lipinski definition) is 1. The van der Waals surface area contributed by atoms with Crippen LogP contribution in [0.3, 0.4) is 0 Å². The normalized spacial score (nSPS) is 12.6. The van der Waals surface area contributed by atoms with Crippen molar-refractivity contribution in [3.63, 3.8) is 0 Å². The van der Waals surface area contributed by atoms with Gasteiger partial charge in [0.15, 0.2) is 0 Å². The average molecular weight is 452 g/mol. The monoisotopic (exact) mass is 451 g/mol. The van der Waals surface area contributed by atoms with Crippen molar-refractivity contribution < 1.29 is 0 Å². The molecule has 2 N–H and O–H groups in total. The van der Waals surface area contributed by atoms with Crippen LogP contribution in [-0.2, 0) is 0 Å². The van der Waals surface area contributed by atoms with Crippen LogP contribution in [0.5, 0.6) is 0 Å². The van der Waals surface area contributed by atoms with E-state index in [1.54, 1.807) is 0 Å². The van der Waals surface area contributed by atoms with Crippen LogP contribution < -0.4 is 5.73 Å². The Morgan fingerprint density at radius 2 is 1.62 bits per heavy atom. The quantitative estimate of drug-likeness (QED) is 0.507. The summed E-state index contributed by atoms with van der Waals surface area (Å²) in [7, 11) is 0. The van der Waals surface area contributed by atoms with Crippen LogP contribution in [0.4, 0.5) is 0 Å². The molecule has 0 radical (unpaired) electrons. The lowest BCUT2D eigenvalue weighted by Crippen LogP contribution is -2.14. The summed E-state index contributed by atoms with van der Waals surface area (Å²) >= 11 is 6.01. The number of hydrogen-bond acceptors (Lipinski definition) is 1. The largest absolute Gasteiger partial charge is 0.320 e. The number of fused-ring (bicyclic) bond motifs is 1. The van der Waals surface area contributed by atoms with E-state index < -0.39 is 0 Å². The van der Waals surface area contributed by atoms with Gasteiger partial charge in [-0.05, 0) is 63.0 Å². The van der Waals surface area contributed by atoms with Crippen LogP contribution in [0, 0.1) is 10.5 Å². The first-order valence-electron chi connectivity index (χ1n) is 6.77. The maximum atomic E-state index is 6.58. The smallest absolute Gasteiger partial charge is 0.0568 e. The summed E-state index contributed by atoms with van der Waals surface area (Å²) < 4.78 is 2.35. The SMILES string of the molecule is Cc1cccc(C(N)c2ccc(Br)c3ccccc23)c1I. The molecular formula is C18H15BrIN. The first-order chi connectivity index (χ1) is 10.1. The third-order valence-electron chi connectivity index (χ3n) is 3.80. The Kier molecular flexibility index (Phi) is 4.33. The zero-order valence-corrected chi connectivity index (χ0v) is 15.4. The Hall–Kier alpha value is -0.910. The molecule has 0 aliphatic heterocycles. The van der Waals surface area contributed by atoms with E-state index in [4.69, 9.17) is 5.73 Å². The minimum Gasteiger partial charge on any atom is -0.320 e. The second kappa shape index (κ2) is 6.07. The van der Waals surface area contributed by atoms with Gasteiger partial charge in [-0.1, -0.05) is 64.5 Å². The lowest BCUT2D eigenvalue weighted by molar-refractivity contribution is 0.871. The molecular weight excluding hydrogens is 437 g/mol. The molecule has 3 heteroatoms. The van der Waals surface area contributed by atoms with Crippen molar-refractivity contribution in [3.05, 3.63) is 79.3 Å². The summed E-state index contributed by atoms with van der Waals surface area (Å²) in [6.45, 7) is 2.12. The van der Waals surface area contributed by atoms with Crippen LogP contribution in [0.25, 0.3) is 10.8 Å². The van der Waals surface area contributed by atoms with E-state index in [9.17, 15) is 0 Å². The maximum Gasteiger partial charge on any atom is 0.0568 e. The second-order valence-electron chi connectivity index (χ2n) is 5.14. The molecule has 0 spiro atoms. The van der Waals surface area contributed by atoms with Gasteiger partial charge in [0.05, 0.1) is 6.04 Å². The molecule has 0 aliphatic carbocycles. The molecule has 3 aromatic rings. The molecule has 0 aromatic heterocycles. The zero-order chi connectivity index (χ0) is 15.0. The summed E-state index contributed by atoms with van der Waals surface area (Å²) in [4.78, 5) is 0. The lowest BCUT2D eigenvalue weighted by atomic mass is 9.94. The first-order valence-corrected chi connectivity index (χ1v) is 8.64. The molecule has 3 rings (SSSR count). The minimum absolute atomic E-state index is 0.116. The van der Waals surface area contributed by atoms with E-state index in [0.717, 1.165) is 10.0 Å². The molecule has 0 bridgehead atoms. The van der Waals surface area contributed by atoms with Gasteiger partial charge in [-0.3, -0.25) is 0 Å². The van der Waals surface area contributed by atoms with Crippen LogP contribution in [0.2, 0.25) is 0 Å². The molecule has 3 aromatic carbocycles. The van der Waals surface area contributed by atoms with Crippen LogP contribution >= 0.6 is 38.5 Å². The number of nitrogens with two attached hydrogens (primary N) is 1. The lowest BCUT2D eigenvalue weighted by Gasteiger charge is -2.18. The standard InChI is InChI=1S/C18H15BrIN/c1-11-5-4-8-15(17(11)20)18(21)14-9-10-16(19)13-7-3-2-6-12(13)14/h2-10,18H,21H2,1H3. The number of halogens is 2. The number of benzene rings is 3. The number of rotatable bonds is 2. The predicted octanol–water partition coefficient (Wildman–Crippen LogP) is 5.56. The highest BCUT2D eigenvalue weighted by atomic mass is 127. The van der Waals surface area contributed by atoms with Crippen LogP contribution in [0.15, 0.2) is 59.1 Å². The molecule has 1 atom stereocenters. The van der Waals surface area contributed by atoms with Crippen molar-refractivity contribution >= 4 is 49.3 Å². The summed E-state index contributed by atoms with van der Waals surface area (Å²) in [6.07, 6.45) is 0. The fourth-order valence-corrected chi connectivity index (χ4v) is 3.81. The van der Waals surface area contributed by atoms with E-state index in [0.29, 0.717) is 0 Å². The van der Waals surface area contributed by atoms with E-state index in [-0.39, 0.29) is 6.04 Å². The molecule has 0 saturated heterocycles. The predicted molar refractivity (Wildman–Crippen MR) is 102 cm³/mol. The van der Waals surface area contributed by atoms with Gasteiger partial charge in [-0.25, -0.2) is 0 Å². The molecule has 1 nitrogen and oxygen atoms in total. The minimum atomic E-state index is -0.116. The van der Waals surface area contributed by atoms with Crippen molar-refractivity contribution in [2.24, 2.45) is 5.73 Å². The van der Waals surface area contributed by atoms with Crippen molar-refractivity contribution in [1.29, 1.82) is 0 Å². The highest BCUT2D eigenvalue weighted by Crippen LogP contribution is 2.33. The molecule has 0 fully saturated rings.